The Bertz CT molecular complexity index is 1040. The minimum atomic E-state index is -1.65. The number of thiocarbonyl (C=S) groups is 1. The molecule has 3 fully saturated rings. The van der Waals surface area contributed by atoms with Crippen LogP contribution in [0.25, 0.3) is 11.2 Å². The molecule has 0 spiro atoms. The molecule has 0 aromatic carbocycles. The van der Waals surface area contributed by atoms with Crippen molar-refractivity contribution >= 4 is 46.0 Å². The van der Waals surface area contributed by atoms with Crippen LogP contribution in [-0.2, 0) is 14.2 Å². The third-order valence-corrected chi connectivity index (χ3v) is 7.13. The second-order valence-corrected chi connectivity index (χ2v) is 10.0. The highest BCUT2D eigenvalue weighted by Gasteiger charge is 2.54. The summed E-state index contributed by atoms with van der Waals surface area (Å²) in [5, 5.41) is 28.8. The summed E-state index contributed by atoms with van der Waals surface area (Å²) in [5.41, 5.74) is -0.794. The number of hydrogen-bond acceptors (Lipinski definition) is 10. The molecule has 2 aliphatic heterocycles. The van der Waals surface area contributed by atoms with E-state index in [9.17, 15) is 10.2 Å². The molecule has 13 heteroatoms. The van der Waals surface area contributed by atoms with Crippen LogP contribution >= 0.6 is 23.8 Å². The number of aliphatic hydroxyl groups is 2. The van der Waals surface area contributed by atoms with E-state index in [1.54, 1.807) is 4.57 Å². The fourth-order valence-electron chi connectivity index (χ4n) is 4.82. The summed E-state index contributed by atoms with van der Waals surface area (Å²) >= 11 is 11.5. The predicted octanol–water partition coefficient (Wildman–Crippen LogP) is 1.52. The molecule has 34 heavy (non-hydrogen) atoms. The van der Waals surface area contributed by atoms with E-state index in [0.29, 0.717) is 36.2 Å². The van der Waals surface area contributed by atoms with Crippen LogP contribution in [0.5, 0.6) is 0 Å². The number of nitrogens with zero attached hydrogens (tertiary/aromatic N) is 4. The lowest BCUT2D eigenvalue weighted by Gasteiger charge is -2.27. The lowest BCUT2D eigenvalue weighted by atomic mass is 9.96. The predicted molar refractivity (Wildman–Crippen MR) is 128 cm³/mol. The Morgan fingerprint density at radius 2 is 2.12 bits per heavy atom. The molecule has 0 unspecified atom stereocenters. The highest BCUT2D eigenvalue weighted by molar-refractivity contribution is 7.80. The summed E-state index contributed by atoms with van der Waals surface area (Å²) in [7, 11) is 0. The summed E-state index contributed by atoms with van der Waals surface area (Å²) in [5.74, 6) is 0.477. The molecular weight excluding hydrogens is 484 g/mol. The molecule has 0 radical (unpaired) electrons. The standard InChI is InChI=1S/C21H29ClN6O5S/c1-21(30)15(29)13(9-32-20(34)25-11-4-2-3-5-11)33-18(21)28-10-23-14-16(24-12-6-7-31-8-12)26-19(22)27-17(14)28/h10-13,15,18,29-30H,2-9H2,1H3,(H,25,34)(H,24,26,27)/t12-,13-,15-,18-,21-/m1/s1. The molecule has 0 bridgehead atoms. The van der Waals surface area contributed by atoms with E-state index in [1.807, 2.05) is 0 Å². The molecule has 5 atom stereocenters. The van der Waals surface area contributed by atoms with Gasteiger partial charge in [0.15, 0.2) is 23.2 Å². The Morgan fingerprint density at radius 3 is 2.85 bits per heavy atom. The topological polar surface area (TPSA) is 136 Å². The van der Waals surface area contributed by atoms with Crippen molar-refractivity contribution in [1.82, 2.24) is 24.8 Å². The average Bonchev–Trinajstić information content (AvgIpc) is 3.58. The van der Waals surface area contributed by atoms with Gasteiger partial charge < -0.3 is 35.1 Å². The van der Waals surface area contributed by atoms with Gasteiger partial charge in [-0.3, -0.25) is 4.57 Å². The molecule has 186 valence electrons. The van der Waals surface area contributed by atoms with Gasteiger partial charge in [0.1, 0.15) is 24.4 Å². The van der Waals surface area contributed by atoms with E-state index in [2.05, 4.69) is 25.6 Å². The van der Waals surface area contributed by atoms with Gasteiger partial charge in [-0.15, -0.1) is 0 Å². The number of imidazole rings is 1. The van der Waals surface area contributed by atoms with Gasteiger partial charge in [0.05, 0.1) is 19.0 Å². The van der Waals surface area contributed by atoms with Gasteiger partial charge >= 0.3 is 0 Å². The monoisotopic (exact) mass is 512 g/mol. The normalized spacial score (nSPS) is 31.9. The minimum Gasteiger partial charge on any atom is -0.468 e. The van der Waals surface area contributed by atoms with Gasteiger partial charge in [0.25, 0.3) is 5.17 Å². The van der Waals surface area contributed by atoms with Crippen LogP contribution in [0.4, 0.5) is 5.82 Å². The van der Waals surface area contributed by atoms with E-state index in [0.717, 1.165) is 19.3 Å². The van der Waals surface area contributed by atoms with Crippen molar-refractivity contribution in [1.29, 1.82) is 0 Å². The molecule has 11 nitrogen and oxygen atoms in total. The van der Waals surface area contributed by atoms with Crippen molar-refractivity contribution in [2.24, 2.45) is 0 Å². The SMILES string of the molecule is C[C@@]1(O)[C@H](O)[C@@H](COC(=S)NC2CCCC2)O[C@H]1n1cnc2c(N[C@@H]3CCOC3)nc(Cl)nc21. The Kier molecular flexibility index (Phi) is 6.79. The van der Waals surface area contributed by atoms with Gasteiger partial charge in [-0.25, -0.2) is 4.98 Å². The van der Waals surface area contributed by atoms with Crippen LogP contribution in [0, 0.1) is 0 Å². The number of rotatable bonds is 6. The zero-order valence-corrected chi connectivity index (χ0v) is 20.4. The third-order valence-electron chi connectivity index (χ3n) is 6.73. The maximum atomic E-state index is 11.2. The van der Waals surface area contributed by atoms with Gasteiger partial charge in [0.2, 0.25) is 5.28 Å². The fourth-order valence-corrected chi connectivity index (χ4v) is 5.22. The zero-order valence-electron chi connectivity index (χ0n) is 18.8. The number of ether oxygens (including phenoxy) is 3. The fraction of sp³-hybridized carbons (Fsp3) is 0.714. The molecule has 0 amide bonds. The number of anilines is 1. The molecule has 2 saturated heterocycles. The summed E-state index contributed by atoms with van der Waals surface area (Å²) in [6.45, 7) is 2.73. The zero-order chi connectivity index (χ0) is 23.9. The first kappa shape index (κ1) is 23.9. The number of nitrogens with one attached hydrogen (secondary N) is 2. The maximum absolute atomic E-state index is 11.2. The lowest BCUT2D eigenvalue weighted by molar-refractivity contribution is -0.0949. The van der Waals surface area contributed by atoms with Crippen molar-refractivity contribution < 1.29 is 24.4 Å². The van der Waals surface area contributed by atoms with Crippen LogP contribution in [0.3, 0.4) is 0 Å². The summed E-state index contributed by atoms with van der Waals surface area (Å²) < 4.78 is 18.7. The molecule has 2 aromatic rings. The molecule has 5 rings (SSSR count). The summed E-state index contributed by atoms with van der Waals surface area (Å²) in [6.07, 6.45) is 3.79. The molecule has 2 aromatic heterocycles. The van der Waals surface area contributed by atoms with Crippen molar-refractivity contribution in [3.8, 4) is 0 Å². The highest BCUT2D eigenvalue weighted by Crippen LogP contribution is 2.40. The van der Waals surface area contributed by atoms with Crippen LogP contribution in [0.1, 0.15) is 45.3 Å². The van der Waals surface area contributed by atoms with E-state index < -0.39 is 24.0 Å². The number of aromatic nitrogens is 4. The van der Waals surface area contributed by atoms with Crippen molar-refractivity contribution in [2.45, 2.75) is 75.1 Å². The van der Waals surface area contributed by atoms with Gasteiger partial charge in [0, 0.05) is 12.6 Å². The average molecular weight is 513 g/mol. The maximum Gasteiger partial charge on any atom is 0.256 e. The van der Waals surface area contributed by atoms with Crippen molar-refractivity contribution in [2.75, 3.05) is 25.1 Å². The van der Waals surface area contributed by atoms with E-state index >= 15 is 0 Å². The first-order valence-corrected chi connectivity index (χ1v) is 12.3. The summed E-state index contributed by atoms with van der Waals surface area (Å²) in [6, 6.07) is 0.410. The molecule has 4 heterocycles. The van der Waals surface area contributed by atoms with Gasteiger partial charge in [-0.1, -0.05) is 12.8 Å². The lowest BCUT2D eigenvalue weighted by Crippen LogP contribution is -2.45. The number of aliphatic hydroxyl groups excluding tert-OH is 1. The molecular formula is C21H29ClN6O5S. The second kappa shape index (κ2) is 9.67. The molecule has 3 aliphatic rings. The Balaban J connectivity index is 1.32. The Labute approximate surface area is 207 Å². The van der Waals surface area contributed by atoms with E-state index in [-0.39, 0.29) is 23.1 Å². The number of halogens is 1. The first-order chi connectivity index (χ1) is 16.3. The second-order valence-electron chi connectivity index (χ2n) is 9.29. The third kappa shape index (κ3) is 4.67. The highest BCUT2D eigenvalue weighted by atomic mass is 35.5. The van der Waals surface area contributed by atoms with Crippen LogP contribution in [0.15, 0.2) is 6.33 Å². The Morgan fingerprint density at radius 1 is 1.32 bits per heavy atom. The van der Waals surface area contributed by atoms with Crippen LogP contribution in [0.2, 0.25) is 5.28 Å². The number of hydrogen-bond donors (Lipinski definition) is 4. The number of fused-ring (bicyclic) bond motifs is 1. The quantitative estimate of drug-likeness (QED) is 0.331. The van der Waals surface area contributed by atoms with Crippen LogP contribution in [-0.4, -0.2) is 84.6 Å². The van der Waals surface area contributed by atoms with Crippen molar-refractivity contribution in [3.05, 3.63) is 11.6 Å². The van der Waals surface area contributed by atoms with Gasteiger partial charge in [-0.2, -0.15) is 9.97 Å². The molecule has 1 saturated carbocycles. The molecule has 1 aliphatic carbocycles. The minimum absolute atomic E-state index is 0.0107. The summed E-state index contributed by atoms with van der Waals surface area (Å²) in [4.78, 5) is 13.0. The van der Waals surface area contributed by atoms with Crippen molar-refractivity contribution in [3.63, 3.8) is 0 Å². The largest absolute Gasteiger partial charge is 0.468 e. The first-order valence-electron chi connectivity index (χ1n) is 11.6. The van der Waals surface area contributed by atoms with Crippen LogP contribution < -0.4 is 10.6 Å². The van der Waals surface area contributed by atoms with Gasteiger partial charge in [-0.05, 0) is 50.0 Å². The van der Waals surface area contributed by atoms with E-state index in [1.165, 1.54) is 26.1 Å². The Hall–Kier alpha value is -1.83. The smallest absolute Gasteiger partial charge is 0.256 e. The molecule has 4 N–H and O–H groups in total. The van der Waals surface area contributed by atoms with E-state index in [4.69, 9.17) is 38.0 Å².